The van der Waals surface area contributed by atoms with Gasteiger partial charge in [-0.3, -0.25) is 4.79 Å². The lowest BCUT2D eigenvalue weighted by molar-refractivity contribution is -0.154. The molecule has 0 unspecified atom stereocenters. The normalized spacial score (nSPS) is 26.8. The fourth-order valence-electron chi connectivity index (χ4n) is 2.04. The first-order valence-corrected chi connectivity index (χ1v) is 10.3. The van der Waals surface area contributed by atoms with Gasteiger partial charge in [-0.25, -0.2) is 0 Å². The highest BCUT2D eigenvalue weighted by molar-refractivity contribution is 6.74. The fraction of sp³-hybridized carbons (Fsp3) is 0.933. The third-order valence-corrected chi connectivity index (χ3v) is 8.79. The average Bonchev–Trinajstić information content (AvgIpc) is 2.52. The van der Waals surface area contributed by atoms with Crippen LogP contribution in [0.4, 0.5) is 0 Å². The molecule has 1 aliphatic rings. The monoisotopic (exact) mass is 302 g/mol. The molecule has 4 nitrogen and oxygen atoms in total. The average molecular weight is 302 g/mol. The molecule has 1 saturated heterocycles. The number of carbonyl (C=O) groups excluding carboxylic acids is 1. The highest BCUT2D eigenvalue weighted by Gasteiger charge is 2.44. The minimum Gasteiger partial charge on any atom is -0.417 e. The summed E-state index contributed by atoms with van der Waals surface area (Å²) in [6, 6.07) is 0. The van der Waals surface area contributed by atoms with E-state index in [9.17, 15) is 4.79 Å². The van der Waals surface area contributed by atoms with Crippen LogP contribution in [0.1, 0.15) is 48.0 Å². The van der Waals surface area contributed by atoms with E-state index >= 15 is 0 Å². The van der Waals surface area contributed by atoms with Gasteiger partial charge in [0, 0.05) is 6.61 Å². The van der Waals surface area contributed by atoms with Gasteiger partial charge in [0.25, 0.3) is 0 Å². The largest absolute Gasteiger partial charge is 0.417 e. The van der Waals surface area contributed by atoms with Gasteiger partial charge in [0.05, 0.1) is 6.10 Å². The van der Waals surface area contributed by atoms with Gasteiger partial charge in [0.15, 0.2) is 19.9 Å². The molecule has 2 atom stereocenters. The first kappa shape index (κ1) is 17.8. The van der Waals surface area contributed by atoms with Crippen molar-refractivity contribution in [2.24, 2.45) is 0 Å². The standard InChI is InChI=1S/C15H30O4Si/c1-11(16)13-12(18-15(5,6)19-13)9-10-17-20(7,8)14(2,3)4/h12-13H,9-10H2,1-8H3/t12-,13-/m0/s1. The molecule has 118 valence electrons. The van der Waals surface area contributed by atoms with Crippen LogP contribution in [0.2, 0.25) is 18.1 Å². The van der Waals surface area contributed by atoms with Crippen molar-refractivity contribution >= 4 is 14.1 Å². The Labute approximate surface area is 124 Å². The number of hydrogen-bond donors (Lipinski definition) is 0. The molecule has 0 amide bonds. The van der Waals surface area contributed by atoms with Crippen molar-refractivity contribution in [2.75, 3.05) is 6.61 Å². The van der Waals surface area contributed by atoms with Crippen LogP contribution in [0.3, 0.4) is 0 Å². The van der Waals surface area contributed by atoms with Crippen molar-refractivity contribution in [3.05, 3.63) is 0 Å². The third kappa shape index (κ3) is 4.38. The van der Waals surface area contributed by atoms with Crippen molar-refractivity contribution < 1.29 is 18.7 Å². The second-order valence-electron chi connectivity index (χ2n) is 7.60. The smallest absolute Gasteiger partial charge is 0.191 e. The van der Waals surface area contributed by atoms with E-state index in [-0.39, 0.29) is 16.9 Å². The number of ether oxygens (including phenoxy) is 2. The van der Waals surface area contributed by atoms with E-state index in [1.807, 2.05) is 13.8 Å². The zero-order valence-electron chi connectivity index (χ0n) is 14.2. The molecule has 20 heavy (non-hydrogen) atoms. The van der Waals surface area contributed by atoms with E-state index in [0.29, 0.717) is 13.0 Å². The van der Waals surface area contributed by atoms with Crippen molar-refractivity contribution in [1.82, 2.24) is 0 Å². The Morgan fingerprint density at radius 1 is 1.25 bits per heavy atom. The zero-order valence-corrected chi connectivity index (χ0v) is 15.2. The molecule has 0 N–H and O–H groups in total. The van der Waals surface area contributed by atoms with Gasteiger partial charge >= 0.3 is 0 Å². The number of Topliss-reactive ketones (excluding diaryl/α,β-unsaturated/α-hetero) is 1. The summed E-state index contributed by atoms with van der Waals surface area (Å²) in [5, 5.41) is 0.194. The minimum absolute atomic E-state index is 0.0212. The molecule has 1 aliphatic heterocycles. The Morgan fingerprint density at radius 3 is 2.25 bits per heavy atom. The molecule has 0 spiro atoms. The maximum atomic E-state index is 11.6. The van der Waals surface area contributed by atoms with E-state index in [0.717, 1.165) is 0 Å². The molecular formula is C15H30O4Si. The van der Waals surface area contributed by atoms with E-state index in [1.165, 1.54) is 0 Å². The predicted molar refractivity (Wildman–Crippen MR) is 82.3 cm³/mol. The molecule has 0 aromatic heterocycles. The molecule has 0 aromatic rings. The summed E-state index contributed by atoms with van der Waals surface area (Å²) in [5.74, 6) is -0.661. The van der Waals surface area contributed by atoms with Crippen LogP contribution in [-0.4, -0.2) is 38.7 Å². The van der Waals surface area contributed by atoms with E-state index < -0.39 is 20.2 Å². The summed E-state index contributed by atoms with van der Waals surface area (Å²) in [6.07, 6.45) is 0.0282. The number of carbonyl (C=O) groups is 1. The molecule has 0 saturated carbocycles. The van der Waals surface area contributed by atoms with E-state index in [4.69, 9.17) is 13.9 Å². The number of ketones is 1. The quantitative estimate of drug-likeness (QED) is 0.729. The summed E-state index contributed by atoms with van der Waals surface area (Å²) >= 11 is 0. The maximum absolute atomic E-state index is 11.6. The summed E-state index contributed by atoms with van der Waals surface area (Å²) in [7, 11) is -1.74. The lowest BCUT2D eigenvalue weighted by atomic mass is 10.1. The first-order chi connectivity index (χ1) is 8.86. The topological polar surface area (TPSA) is 44.8 Å². The number of hydrogen-bond acceptors (Lipinski definition) is 4. The lowest BCUT2D eigenvalue weighted by Gasteiger charge is -2.36. The van der Waals surface area contributed by atoms with E-state index in [2.05, 4.69) is 33.9 Å². The molecule has 0 aromatic carbocycles. The lowest BCUT2D eigenvalue weighted by Crippen LogP contribution is -2.42. The molecule has 5 heteroatoms. The molecule has 0 aliphatic carbocycles. The van der Waals surface area contributed by atoms with Crippen LogP contribution in [0.25, 0.3) is 0 Å². The molecule has 1 fully saturated rings. The van der Waals surface area contributed by atoms with Crippen LogP contribution < -0.4 is 0 Å². The van der Waals surface area contributed by atoms with Crippen LogP contribution in [0, 0.1) is 0 Å². The Balaban J connectivity index is 2.55. The zero-order chi connectivity index (χ0) is 15.8. The highest BCUT2D eigenvalue weighted by Crippen LogP contribution is 2.37. The maximum Gasteiger partial charge on any atom is 0.191 e. The Morgan fingerprint density at radius 2 is 1.80 bits per heavy atom. The first-order valence-electron chi connectivity index (χ1n) is 7.36. The summed E-state index contributed by atoms with van der Waals surface area (Å²) in [6.45, 7) is 17.0. The Hall–Kier alpha value is -0.233. The Bertz CT molecular complexity index is 357. The van der Waals surface area contributed by atoms with Gasteiger partial charge < -0.3 is 13.9 Å². The van der Waals surface area contributed by atoms with Crippen molar-refractivity contribution in [1.29, 1.82) is 0 Å². The molecule has 1 rings (SSSR count). The molecule has 0 radical (unpaired) electrons. The van der Waals surface area contributed by atoms with Gasteiger partial charge in [0.2, 0.25) is 0 Å². The SMILES string of the molecule is CC(=O)[C@@H]1OC(C)(C)O[C@H]1CCO[Si](C)(C)C(C)(C)C. The Kier molecular flexibility index (Phi) is 5.23. The van der Waals surface area contributed by atoms with Gasteiger partial charge in [-0.2, -0.15) is 0 Å². The summed E-state index contributed by atoms with van der Waals surface area (Å²) < 4.78 is 17.6. The molecule has 0 bridgehead atoms. The second-order valence-corrected chi connectivity index (χ2v) is 12.4. The fourth-order valence-corrected chi connectivity index (χ4v) is 3.10. The van der Waals surface area contributed by atoms with Crippen LogP contribution in [0.15, 0.2) is 0 Å². The van der Waals surface area contributed by atoms with Crippen LogP contribution >= 0.6 is 0 Å². The minimum atomic E-state index is -1.74. The second kappa shape index (κ2) is 5.87. The van der Waals surface area contributed by atoms with Crippen molar-refractivity contribution in [2.45, 2.75) is 84.1 Å². The van der Waals surface area contributed by atoms with Crippen LogP contribution in [0.5, 0.6) is 0 Å². The summed E-state index contributed by atoms with van der Waals surface area (Å²) in [5.41, 5.74) is 0. The third-order valence-electron chi connectivity index (χ3n) is 4.26. The van der Waals surface area contributed by atoms with Gasteiger partial charge in [-0.05, 0) is 45.3 Å². The predicted octanol–water partition coefficient (Wildman–Crippen LogP) is 3.51. The number of rotatable bonds is 5. The molecular weight excluding hydrogens is 272 g/mol. The summed E-state index contributed by atoms with van der Waals surface area (Å²) in [4.78, 5) is 11.6. The van der Waals surface area contributed by atoms with Crippen LogP contribution in [-0.2, 0) is 18.7 Å². The van der Waals surface area contributed by atoms with Crippen molar-refractivity contribution in [3.63, 3.8) is 0 Å². The highest BCUT2D eigenvalue weighted by atomic mass is 28.4. The van der Waals surface area contributed by atoms with E-state index in [1.54, 1.807) is 6.92 Å². The van der Waals surface area contributed by atoms with Gasteiger partial charge in [-0.1, -0.05) is 20.8 Å². The van der Waals surface area contributed by atoms with Gasteiger partial charge in [0.1, 0.15) is 6.10 Å². The van der Waals surface area contributed by atoms with Crippen molar-refractivity contribution in [3.8, 4) is 0 Å². The molecule has 1 heterocycles. The van der Waals surface area contributed by atoms with Gasteiger partial charge in [-0.15, -0.1) is 0 Å².